The predicted molar refractivity (Wildman–Crippen MR) is 304 cm³/mol. The predicted octanol–water partition coefficient (Wildman–Crippen LogP) is 14.3. The van der Waals surface area contributed by atoms with Gasteiger partial charge in [0.15, 0.2) is 0 Å². The van der Waals surface area contributed by atoms with E-state index in [4.69, 9.17) is 28.4 Å². The second-order valence-electron chi connectivity index (χ2n) is 22.0. The highest BCUT2D eigenvalue weighted by Gasteiger charge is 2.31. The quantitative estimate of drug-likeness (QED) is 0.0657. The van der Waals surface area contributed by atoms with E-state index in [1.54, 1.807) is 24.3 Å². The first-order chi connectivity index (χ1) is 33.6. The smallest absolute Gasteiger partial charge is 0.148 e. The van der Waals surface area contributed by atoms with Gasteiger partial charge in [-0.25, -0.2) is 0 Å². The maximum Gasteiger partial charge on any atom is 0.148 e. The number of ether oxygens (including phenoxy) is 6. The van der Waals surface area contributed by atoms with Crippen molar-refractivity contribution in [3.63, 3.8) is 0 Å². The van der Waals surface area contributed by atoms with Crippen LogP contribution in [0.3, 0.4) is 0 Å². The molecule has 2 saturated heterocycles. The van der Waals surface area contributed by atoms with Crippen molar-refractivity contribution in [2.75, 3.05) is 78.9 Å². The lowest BCUT2D eigenvalue weighted by atomic mass is 9.90. The molecule has 8 rings (SSSR count). The van der Waals surface area contributed by atoms with E-state index in [2.05, 4.69) is 87.2 Å². The van der Waals surface area contributed by atoms with Gasteiger partial charge >= 0.3 is 0 Å². The molecule has 0 aromatic heterocycles. The van der Waals surface area contributed by atoms with E-state index in [0.717, 1.165) is 94.4 Å². The molecule has 12 heteroatoms. The van der Waals surface area contributed by atoms with E-state index in [1.165, 1.54) is 64.7 Å². The van der Waals surface area contributed by atoms with Crippen LogP contribution in [0.2, 0.25) is 51.4 Å². The summed E-state index contributed by atoms with van der Waals surface area (Å²) in [5, 5.41) is 20.0. The number of hydrogen-bond acceptors (Lipinski definition) is 10. The minimum atomic E-state index is -1.15. The SMILES string of the molecule is C.C.CC1=C(COCC[Si](C)(C)C)[C@@H](c2ccc(OCCN3CCCCC3)cc2)Oc2cc(O)ccc21.CC1=C(COCC[Si](C)(C)C)[C@H](c2ccc(OCCN3CCCCC3)cc2)Oc2cc(O)ccc21. The third kappa shape index (κ3) is 17.3. The molecule has 10 nitrogen and oxygen atoms in total. The van der Waals surface area contributed by atoms with Crippen LogP contribution in [0, 0.1) is 0 Å². The molecule has 0 spiro atoms. The summed E-state index contributed by atoms with van der Waals surface area (Å²) in [6, 6.07) is 29.4. The molecule has 4 heterocycles. The number of aromatic hydroxyl groups is 2. The van der Waals surface area contributed by atoms with Crippen molar-refractivity contribution >= 4 is 27.3 Å². The van der Waals surface area contributed by atoms with Gasteiger partial charge < -0.3 is 38.6 Å². The lowest BCUT2D eigenvalue weighted by molar-refractivity contribution is 0.141. The zero-order valence-corrected chi connectivity index (χ0v) is 45.6. The zero-order chi connectivity index (χ0) is 49.7. The maximum absolute atomic E-state index is 10.0. The summed E-state index contributed by atoms with van der Waals surface area (Å²) in [6.07, 6.45) is 7.40. The Bertz CT molecular complexity index is 2180. The zero-order valence-electron chi connectivity index (χ0n) is 43.6. The van der Waals surface area contributed by atoms with Gasteiger partial charge in [-0.1, -0.05) is 91.2 Å². The third-order valence-electron chi connectivity index (χ3n) is 13.9. The van der Waals surface area contributed by atoms with Gasteiger partial charge in [-0.05, 0) is 149 Å². The summed E-state index contributed by atoms with van der Waals surface area (Å²) in [7, 11) is -2.30. The second-order valence-corrected chi connectivity index (χ2v) is 33.3. The first-order valence-corrected chi connectivity index (χ1v) is 33.5. The fraction of sp³-hybridized carbons (Fsp3) is 0.533. The number of nitrogens with zero attached hydrogens (tertiary/aromatic N) is 2. The number of fused-ring (bicyclic) bond motifs is 2. The number of piperidine rings is 2. The molecule has 0 bridgehead atoms. The van der Waals surface area contributed by atoms with Gasteiger partial charge in [0, 0.05) is 76.9 Å². The van der Waals surface area contributed by atoms with Crippen LogP contribution in [0.1, 0.15) is 102 Å². The Balaban J connectivity index is 0.000000260. The Morgan fingerprint density at radius 1 is 0.500 bits per heavy atom. The topological polar surface area (TPSA) is 102 Å². The van der Waals surface area contributed by atoms with E-state index in [9.17, 15) is 10.2 Å². The van der Waals surface area contributed by atoms with Gasteiger partial charge in [0.05, 0.1) is 13.2 Å². The van der Waals surface area contributed by atoms with Gasteiger partial charge in [0.25, 0.3) is 0 Å². The van der Waals surface area contributed by atoms with Crippen LogP contribution < -0.4 is 18.9 Å². The third-order valence-corrected chi connectivity index (χ3v) is 17.4. The fourth-order valence-corrected chi connectivity index (χ4v) is 10.9. The number of rotatable bonds is 20. The molecule has 4 aromatic rings. The summed E-state index contributed by atoms with van der Waals surface area (Å²) in [5.41, 5.74) is 8.74. The average molecular weight is 1020 g/mol. The second kappa shape index (κ2) is 27.6. The number of benzene rings is 4. The Morgan fingerprint density at radius 3 is 1.21 bits per heavy atom. The molecule has 2 atom stereocenters. The summed E-state index contributed by atoms with van der Waals surface area (Å²) in [4.78, 5) is 4.98. The molecule has 0 amide bonds. The number of phenolic OH excluding ortho intramolecular Hbond substituents is 2. The maximum atomic E-state index is 10.0. The fourth-order valence-electron chi connectivity index (χ4n) is 9.43. The highest BCUT2D eigenvalue weighted by atomic mass is 28.3. The van der Waals surface area contributed by atoms with Crippen molar-refractivity contribution < 1.29 is 38.6 Å². The highest BCUT2D eigenvalue weighted by molar-refractivity contribution is 6.76. The molecule has 4 aromatic carbocycles. The molecule has 396 valence electrons. The van der Waals surface area contributed by atoms with Crippen LogP contribution in [-0.4, -0.2) is 115 Å². The molecule has 0 radical (unpaired) electrons. The molecule has 2 N–H and O–H groups in total. The van der Waals surface area contributed by atoms with E-state index in [1.807, 2.05) is 36.4 Å². The number of phenols is 2. The van der Waals surface area contributed by atoms with Gasteiger partial charge in [-0.2, -0.15) is 0 Å². The Kier molecular flexibility index (Phi) is 22.4. The molecule has 0 saturated carbocycles. The van der Waals surface area contributed by atoms with Crippen LogP contribution >= 0.6 is 0 Å². The first kappa shape index (κ1) is 58.3. The largest absolute Gasteiger partial charge is 0.508 e. The summed E-state index contributed by atoms with van der Waals surface area (Å²) >= 11 is 0. The van der Waals surface area contributed by atoms with E-state index < -0.39 is 16.1 Å². The number of allylic oxidation sites excluding steroid dienone is 2. The summed E-state index contributed by atoms with van der Waals surface area (Å²) in [6.45, 7) is 29.2. The normalized spacial score (nSPS) is 18.3. The molecule has 72 heavy (non-hydrogen) atoms. The summed E-state index contributed by atoms with van der Waals surface area (Å²) < 4.78 is 37.3. The lowest BCUT2D eigenvalue weighted by Crippen LogP contribution is -2.33. The van der Waals surface area contributed by atoms with Gasteiger partial charge in [-0.3, -0.25) is 9.80 Å². The Hall–Kier alpha value is -4.57. The van der Waals surface area contributed by atoms with Crippen molar-refractivity contribution in [3.05, 3.63) is 118 Å². The monoisotopic (exact) mass is 1020 g/mol. The molecule has 4 aliphatic heterocycles. The van der Waals surface area contributed by atoms with Crippen molar-refractivity contribution in [1.29, 1.82) is 0 Å². The van der Waals surface area contributed by atoms with Crippen LogP contribution in [0.4, 0.5) is 0 Å². The average Bonchev–Trinajstić information content (AvgIpc) is 3.33. The van der Waals surface area contributed by atoms with Gasteiger partial charge in [0.2, 0.25) is 0 Å². The molecule has 2 fully saturated rings. The molecular weight excluding hydrogens is 933 g/mol. The van der Waals surface area contributed by atoms with Crippen LogP contribution in [0.5, 0.6) is 34.5 Å². The van der Waals surface area contributed by atoms with Gasteiger partial charge in [0.1, 0.15) is 59.9 Å². The summed E-state index contributed by atoms with van der Waals surface area (Å²) in [5.74, 6) is 3.60. The van der Waals surface area contributed by atoms with Crippen LogP contribution in [0.15, 0.2) is 96.1 Å². The number of hydrogen-bond donors (Lipinski definition) is 2. The van der Waals surface area contributed by atoms with E-state index in [-0.39, 0.29) is 38.6 Å². The van der Waals surface area contributed by atoms with Crippen molar-refractivity contribution in [2.24, 2.45) is 0 Å². The first-order valence-electron chi connectivity index (χ1n) is 26.1. The standard InChI is InChI=1S/2C29H41NO4Si.2CH4/c2*1-22-26-13-10-24(31)20-28(26)34-29(27(22)21-32-18-19-35(2,3)4)23-8-11-25(12-9-23)33-17-16-30-14-6-5-7-15-30;;/h2*8-13,20,29,31H,5-7,14-19,21H2,1-4H3;2*1H4/t2*29-;;/m10../s1. The molecular formula is C60H90N2O8Si2. The van der Waals surface area contributed by atoms with E-state index in [0.29, 0.717) is 37.9 Å². The molecule has 0 unspecified atom stereocenters. The van der Waals surface area contributed by atoms with Crippen LogP contribution in [-0.2, 0) is 9.47 Å². The minimum absolute atomic E-state index is 0. The van der Waals surface area contributed by atoms with Crippen molar-refractivity contribution in [3.8, 4) is 34.5 Å². The van der Waals surface area contributed by atoms with Crippen LogP contribution in [0.25, 0.3) is 11.1 Å². The lowest BCUT2D eigenvalue weighted by Gasteiger charge is -2.31. The Morgan fingerprint density at radius 2 is 0.861 bits per heavy atom. The van der Waals surface area contributed by atoms with Gasteiger partial charge in [-0.15, -0.1) is 0 Å². The molecule has 4 aliphatic rings. The van der Waals surface area contributed by atoms with Crippen molar-refractivity contribution in [2.45, 2.75) is 131 Å². The minimum Gasteiger partial charge on any atom is -0.508 e. The van der Waals surface area contributed by atoms with E-state index >= 15 is 0 Å². The van der Waals surface area contributed by atoms with Crippen molar-refractivity contribution in [1.82, 2.24) is 9.80 Å². The Labute approximate surface area is 436 Å². The highest BCUT2D eigenvalue weighted by Crippen LogP contribution is 2.45. The molecule has 0 aliphatic carbocycles. The number of likely N-dealkylation sites (tertiary alicyclic amines) is 2.